The fourth-order valence-electron chi connectivity index (χ4n) is 17.7. The minimum absolute atomic E-state index is 0. The topological polar surface area (TPSA) is 449 Å². The monoisotopic (exact) mass is 2220 g/mol. The molecule has 16 rings (SSSR count). The summed E-state index contributed by atoms with van der Waals surface area (Å²) in [6, 6.07) is 42.3. The molecule has 12 heterocycles. The molecule has 50 heteroatoms. The van der Waals surface area contributed by atoms with Crippen molar-refractivity contribution < 1.29 is 57.0 Å². The van der Waals surface area contributed by atoms with Gasteiger partial charge in [-0.25, -0.2) is 39.9 Å². The lowest BCUT2D eigenvalue weighted by atomic mass is 10.2. The van der Waals surface area contributed by atoms with Crippen LogP contribution in [0.5, 0.6) is 0 Å². The molecule has 4 fully saturated rings. The normalized spacial score (nSPS) is 21.0. The number of hydrogen-bond donors (Lipinski definition) is 6. The van der Waals surface area contributed by atoms with E-state index < -0.39 is 53.8 Å². The van der Waals surface area contributed by atoms with E-state index in [4.69, 9.17) is 46.7 Å². The van der Waals surface area contributed by atoms with Gasteiger partial charge in [-0.2, -0.15) is 19.9 Å². The van der Waals surface area contributed by atoms with Crippen molar-refractivity contribution in [3.63, 3.8) is 0 Å². The van der Waals surface area contributed by atoms with Crippen LogP contribution in [0.4, 0.5) is 23.8 Å². The molecule has 0 bridgehead atoms. The first kappa shape index (κ1) is 119. The van der Waals surface area contributed by atoms with Gasteiger partial charge in [0.2, 0.25) is 23.8 Å². The van der Waals surface area contributed by atoms with Gasteiger partial charge in [-0.1, -0.05) is 264 Å². The van der Waals surface area contributed by atoms with Gasteiger partial charge in [0, 0.05) is 82.1 Å². The third kappa shape index (κ3) is 29.5. The van der Waals surface area contributed by atoms with Crippen molar-refractivity contribution in [1.82, 2.24) is 97.7 Å². The minimum Gasteiger partial charge on any atom is -0.405 e. The molecule has 4 aromatic carbocycles. The van der Waals surface area contributed by atoms with E-state index >= 15 is 0 Å². The van der Waals surface area contributed by atoms with Crippen LogP contribution in [0.3, 0.4) is 0 Å². The molecule has 804 valence electrons. The number of aliphatic hydroxyl groups excluding tert-OH is 2. The van der Waals surface area contributed by atoms with Crippen molar-refractivity contribution >= 4 is 218 Å². The maximum absolute atomic E-state index is 12.8. The molecule has 0 amide bonds. The molecule has 148 heavy (non-hydrogen) atoms. The molecule has 0 spiro atoms. The smallest absolute Gasteiger partial charge is 0.280 e. The van der Waals surface area contributed by atoms with E-state index in [0.717, 1.165) is 0 Å². The Balaban J connectivity index is 0.000000191. The van der Waals surface area contributed by atoms with Crippen molar-refractivity contribution in [3.05, 3.63) is 188 Å². The third-order valence-corrected chi connectivity index (χ3v) is 41.7. The minimum atomic E-state index is -2.81. The highest BCUT2D eigenvalue weighted by atomic mass is 33.1. The Hall–Kier alpha value is -9.09. The van der Waals surface area contributed by atoms with E-state index in [1.807, 2.05) is 129 Å². The maximum Gasteiger partial charge on any atom is 0.280 e. The van der Waals surface area contributed by atoms with Crippen LogP contribution in [0.2, 0.25) is 10.1 Å². The Bertz CT molecular complexity index is 6120. The molecule has 0 radical (unpaired) electrons. The number of imidazole rings is 4. The van der Waals surface area contributed by atoms with E-state index in [1.54, 1.807) is 153 Å². The van der Waals surface area contributed by atoms with Crippen LogP contribution in [-0.2, 0) is 46.7 Å². The predicted octanol–water partition coefficient (Wildman–Crippen LogP) is 13.9. The summed E-state index contributed by atoms with van der Waals surface area (Å²) in [5, 5.41) is 23.8. The zero-order chi connectivity index (χ0) is 105. The first-order chi connectivity index (χ1) is 69.9. The number of aromatic nitrogens is 16. The van der Waals surface area contributed by atoms with Gasteiger partial charge in [0.15, 0.2) is 44.7 Å². The standard InChI is InChI=1S/2C32H42N6O4S2Si.2C16H24N6O4S2.2CH4/c2*1-22(44-43-7)41-25-18-27(38-21-33-28-29(38)35-31(36-30(28)39)34-20-37(5)6)42-26(25)19-40-45(32(2,3)4,23-14-10-8-11-15-23)24-16-12-9-13-17-24;2*1-9(28-27-4)25-10-5-12(26-11(10)6-23)22-8-17-13-14(22)19-16(20-15(13)24)18-7-21(2)3;;/h2*8-17,20-22,25-27H,18-19H2,1-7H3,(H,35,36,39);2*7-12,23H,5-6H2,1-4H3,(H,19,20,24);2*1H4/t22-,25?,26+,27+;22-,25?,26-,27-;9-,10?,11+,12+;9-,10?,11-,12-;;/m0101../s1. The molecule has 0 saturated carbocycles. The Morgan fingerprint density at radius 3 is 0.784 bits per heavy atom. The van der Waals surface area contributed by atoms with Gasteiger partial charge in [-0.15, -0.1) is 0 Å². The quantitative estimate of drug-likeness (QED) is 0.00683. The average Bonchev–Trinajstić information content (AvgIpc) is 0.753. The van der Waals surface area contributed by atoms with Gasteiger partial charge in [-0.05, 0) is 83.5 Å². The van der Waals surface area contributed by atoms with E-state index in [0.29, 0.717) is 61.5 Å². The number of aromatic amines is 4. The third-order valence-electron chi connectivity index (χ3n) is 23.8. The summed E-state index contributed by atoms with van der Waals surface area (Å²) in [7, 11) is 22.2. The Kier molecular flexibility index (Phi) is 44.2. The SMILES string of the molecule is C.C.CSS[C@@H](C)OC1C[C@H](n2cnc3c(=O)[nH]c(N=CN(C)C)nc32)O[C@@H]1CO.CSS[C@@H](C)OC1C[C@H](n2cnc3c(=O)[nH]c(N=CN(C)C)nc32)O[C@@H]1CO[Si](c1ccccc1)(c1ccccc1)C(C)(C)C.CSS[C@H](C)OC1C[C@H](n2cnc3c(=O)[nH]c(N=CN(C)C)nc32)O[C@@H]1CO.CSS[C@H](C)OC1C[C@H](n2cnc3c(=O)[nH]c(N=CN(C)C)nc32)O[C@@H]1CO[Si](c1ccccc1)(c1ccccc1)C(C)(C)C. The Morgan fingerprint density at radius 2 is 0.588 bits per heavy atom. The van der Waals surface area contributed by atoms with Gasteiger partial charge in [0.05, 0.1) is 102 Å². The number of hydrogen-bond acceptors (Lipinski definition) is 36. The summed E-state index contributed by atoms with van der Waals surface area (Å²) >= 11 is 0. The number of nitrogens with zero attached hydrogens (tertiary/aromatic N) is 20. The van der Waals surface area contributed by atoms with Crippen LogP contribution in [0.15, 0.2) is 186 Å². The Labute approximate surface area is 896 Å². The molecule has 40 nitrogen and oxygen atoms in total. The van der Waals surface area contributed by atoms with Crippen molar-refractivity contribution in [2.45, 2.75) is 215 Å². The second-order valence-electron chi connectivity index (χ2n) is 37.5. The maximum atomic E-state index is 12.8. The molecule has 6 N–H and O–H groups in total. The number of aliphatic imine (C=N–C) groups is 4. The van der Waals surface area contributed by atoms with Crippen molar-refractivity contribution in [1.29, 1.82) is 0 Å². The van der Waals surface area contributed by atoms with E-state index in [1.165, 1.54) is 33.4 Å². The second-order valence-corrected chi connectivity index (χ2v) is 57.2. The first-order valence-corrected chi connectivity index (χ1v) is 61.6. The molecule has 4 unspecified atom stereocenters. The van der Waals surface area contributed by atoms with Crippen molar-refractivity contribution in [2.24, 2.45) is 20.0 Å². The lowest BCUT2D eigenvalue weighted by Crippen LogP contribution is -2.67. The number of rotatable bonds is 40. The number of fused-ring (bicyclic) bond motifs is 4. The van der Waals surface area contributed by atoms with Crippen LogP contribution in [0.25, 0.3) is 44.7 Å². The van der Waals surface area contributed by atoms with Crippen LogP contribution in [0, 0.1) is 0 Å². The average molecular weight is 2220 g/mol. The summed E-state index contributed by atoms with van der Waals surface area (Å²) in [5.74, 6) is 0.764. The van der Waals surface area contributed by atoms with E-state index in [9.17, 15) is 29.4 Å². The van der Waals surface area contributed by atoms with E-state index in [-0.39, 0.29) is 165 Å². The first-order valence-electron chi connectivity index (χ1n) is 47.3. The molecule has 4 saturated heterocycles. The number of nitrogens with one attached hydrogen (secondary N) is 4. The molecule has 4 aliphatic heterocycles. The molecule has 8 aromatic heterocycles. The highest BCUT2D eigenvalue weighted by molar-refractivity contribution is 8.77. The zero-order valence-electron chi connectivity index (χ0n) is 85.9. The largest absolute Gasteiger partial charge is 0.405 e. The van der Waals surface area contributed by atoms with Crippen LogP contribution >= 0.6 is 86.4 Å². The molecule has 0 aliphatic carbocycles. The fourth-order valence-corrected chi connectivity index (χ4v) is 32.4. The highest BCUT2D eigenvalue weighted by Crippen LogP contribution is 2.45. The van der Waals surface area contributed by atoms with Gasteiger partial charge in [0.25, 0.3) is 38.9 Å². The lowest BCUT2D eigenvalue weighted by molar-refractivity contribution is -0.0628. The lowest BCUT2D eigenvalue weighted by Gasteiger charge is -2.43. The second kappa shape index (κ2) is 54.9. The number of ether oxygens (including phenoxy) is 8. The number of aliphatic hydroxyl groups is 2. The van der Waals surface area contributed by atoms with Crippen LogP contribution < -0.4 is 43.0 Å². The summed E-state index contributed by atoms with van der Waals surface area (Å²) in [6.45, 7) is 22.0. The van der Waals surface area contributed by atoms with E-state index in [2.05, 4.69) is 232 Å². The highest BCUT2D eigenvalue weighted by Gasteiger charge is 2.54. The molecular weight excluding hydrogens is 2080 g/mol. The molecular formula is C98H140N24O16S8Si2. The van der Waals surface area contributed by atoms with Crippen molar-refractivity contribution in [3.8, 4) is 0 Å². The van der Waals surface area contributed by atoms with Crippen LogP contribution in [0.1, 0.15) is 135 Å². The number of benzene rings is 4. The molecule has 12 aromatic rings. The van der Waals surface area contributed by atoms with Gasteiger partial charge in [0.1, 0.15) is 71.1 Å². The molecule has 4 aliphatic rings. The van der Waals surface area contributed by atoms with Gasteiger partial charge < -0.3 is 76.6 Å². The fraction of sp³-hybridized carbons (Fsp3) is 0.510. The summed E-state index contributed by atoms with van der Waals surface area (Å²) in [4.78, 5) is 120. The van der Waals surface area contributed by atoms with Crippen LogP contribution in [-0.4, -0.2) is 328 Å². The number of H-pyrrole nitrogens is 4. The summed E-state index contributed by atoms with van der Waals surface area (Å²) in [6.07, 6.45) is 18.2. The Morgan fingerprint density at radius 1 is 0.378 bits per heavy atom. The molecule has 16 atom stereocenters. The van der Waals surface area contributed by atoms with Gasteiger partial charge in [-0.3, -0.25) is 57.4 Å². The van der Waals surface area contributed by atoms with Gasteiger partial charge >= 0.3 is 0 Å². The predicted molar refractivity (Wildman–Crippen MR) is 611 cm³/mol. The summed E-state index contributed by atoms with van der Waals surface area (Å²) < 4.78 is 72.2. The van der Waals surface area contributed by atoms with Crippen molar-refractivity contribution in [2.75, 3.05) is 108 Å². The summed E-state index contributed by atoms with van der Waals surface area (Å²) in [5.41, 5.74) is 0.822. The zero-order valence-corrected chi connectivity index (χ0v) is 94.4.